The Labute approximate surface area is 185 Å². The van der Waals surface area contributed by atoms with Crippen molar-refractivity contribution in [1.29, 1.82) is 0 Å². The molecular weight excluding hydrogens is 396 g/mol. The Morgan fingerprint density at radius 3 is 1.58 bits per heavy atom. The maximum absolute atomic E-state index is 10.9. The molecule has 0 fully saturated rings. The fourth-order valence-corrected chi connectivity index (χ4v) is 6.55. The van der Waals surface area contributed by atoms with Crippen LogP contribution in [0, 0.1) is 0 Å². The quantitative estimate of drug-likeness (QED) is 0.329. The molecule has 1 unspecified atom stereocenters. The number of benzene rings is 4. The summed E-state index contributed by atoms with van der Waals surface area (Å²) in [5.41, 5.74) is 1.78. The van der Waals surface area contributed by atoms with Crippen molar-refractivity contribution < 1.29 is 9.53 Å². The lowest BCUT2D eigenvalue weighted by molar-refractivity contribution is 0.227. The van der Waals surface area contributed by atoms with E-state index in [1.54, 1.807) is 0 Å². The first kappa shape index (κ1) is 20.9. The summed E-state index contributed by atoms with van der Waals surface area (Å²) in [6.07, 6.45) is 1.06. The fourth-order valence-electron chi connectivity index (χ4n) is 3.70. The van der Waals surface area contributed by atoms with Gasteiger partial charge in [-0.25, -0.2) is 0 Å². The van der Waals surface area contributed by atoms with E-state index in [1.165, 1.54) is 10.4 Å². The van der Waals surface area contributed by atoms with Crippen LogP contribution >= 0.6 is 0 Å². The van der Waals surface area contributed by atoms with Gasteiger partial charge in [0, 0.05) is 5.56 Å². The third kappa shape index (κ3) is 4.85. The second-order valence-electron chi connectivity index (χ2n) is 7.62. The SMILES string of the molecule is C[Si](O/C(=C/C(O)c1ccccc1)c1ccccc1)(c1ccccc1)c1ccccc1. The van der Waals surface area contributed by atoms with Crippen molar-refractivity contribution in [3.05, 3.63) is 139 Å². The van der Waals surface area contributed by atoms with Gasteiger partial charge in [0.05, 0.1) is 0 Å². The molecule has 0 aromatic heterocycles. The van der Waals surface area contributed by atoms with Crippen LogP contribution in [0.4, 0.5) is 0 Å². The van der Waals surface area contributed by atoms with Crippen molar-refractivity contribution in [2.45, 2.75) is 12.7 Å². The van der Waals surface area contributed by atoms with E-state index in [2.05, 4.69) is 55.1 Å². The Morgan fingerprint density at radius 1 is 0.677 bits per heavy atom. The topological polar surface area (TPSA) is 29.5 Å². The van der Waals surface area contributed by atoms with Gasteiger partial charge >= 0.3 is 8.32 Å². The van der Waals surface area contributed by atoms with Crippen LogP contribution in [0.3, 0.4) is 0 Å². The molecular formula is C28H26O2Si. The molecule has 0 aliphatic heterocycles. The second-order valence-corrected chi connectivity index (χ2v) is 11.0. The number of rotatable bonds is 7. The van der Waals surface area contributed by atoms with Crippen molar-refractivity contribution >= 4 is 24.5 Å². The number of aliphatic hydroxyl groups is 1. The Kier molecular flexibility index (Phi) is 6.46. The maximum atomic E-state index is 10.9. The number of aliphatic hydroxyl groups excluding tert-OH is 1. The molecule has 0 spiro atoms. The van der Waals surface area contributed by atoms with Gasteiger partial charge in [0.25, 0.3) is 0 Å². The van der Waals surface area contributed by atoms with Crippen LogP contribution in [0.1, 0.15) is 17.2 Å². The van der Waals surface area contributed by atoms with E-state index in [1.807, 2.05) is 78.9 Å². The monoisotopic (exact) mass is 422 g/mol. The molecule has 154 valence electrons. The van der Waals surface area contributed by atoms with Crippen LogP contribution in [0.2, 0.25) is 6.55 Å². The molecule has 1 atom stereocenters. The predicted octanol–water partition coefficient (Wildman–Crippen LogP) is 5.17. The van der Waals surface area contributed by atoms with Crippen LogP contribution < -0.4 is 10.4 Å². The van der Waals surface area contributed by atoms with Crippen LogP contribution in [0.15, 0.2) is 127 Å². The van der Waals surface area contributed by atoms with E-state index in [0.29, 0.717) is 5.76 Å². The molecule has 4 aromatic rings. The van der Waals surface area contributed by atoms with Crippen LogP contribution in [0.5, 0.6) is 0 Å². The minimum Gasteiger partial charge on any atom is -0.535 e. The van der Waals surface area contributed by atoms with Gasteiger partial charge in [-0.3, -0.25) is 0 Å². The molecule has 2 nitrogen and oxygen atoms in total. The highest BCUT2D eigenvalue weighted by molar-refractivity contribution is 6.97. The zero-order valence-corrected chi connectivity index (χ0v) is 18.6. The fraction of sp³-hybridized carbons (Fsp3) is 0.0714. The highest BCUT2D eigenvalue weighted by Gasteiger charge is 2.37. The average molecular weight is 423 g/mol. The predicted molar refractivity (Wildman–Crippen MR) is 131 cm³/mol. The van der Waals surface area contributed by atoms with Crippen LogP contribution in [0.25, 0.3) is 5.76 Å². The summed E-state index contributed by atoms with van der Waals surface area (Å²) in [6.45, 7) is 2.21. The molecule has 3 heteroatoms. The smallest absolute Gasteiger partial charge is 0.311 e. The summed E-state index contributed by atoms with van der Waals surface area (Å²) in [4.78, 5) is 0. The van der Waals surface area contributed by atoms with E-state index in [-0.39, 0.29) is 0 Å². The summed E-state index contributed by atoms with van der Waals surface area (Å²) in [5.74, 6) is 0.693. The molecule has 0 radical (unpaired) electrons. The highest BCUT2D eigenvalue weighted by atomic mass is 28.4. The molecule has 1 N–H and O–H groups in total. The third-order valence-corrected chi connectivity index (χ3v) is 8.97. The largest absolute Gasteiger partial charge is 0.535 e. The van der Waals surface area contributed by atoms with Gasteiger partial charge in [-0.2, -0.15) is 0 Å². The Bertz CT molecular complexity index is 1070. The minimum absolute atomic E-state index is 0.693. The van der Waals surface area contributed by atoms with Gasteiger partial charge in [-0.15, -0.1) is 0 Å². The molecule has 31 heavy (non-hydrogen) atoms. The number of hydrogen-bond acceptors (Lipinski definition) is 2. The van der Waals surface area contributed by atoms with Gasteiger partial charge in [0.15, 0.2) is 0 Å². The van der Waals surface area contributed by atoms with E-state index in [0.717, 1.165) is 11.1 Å². The van der Waals surface area contributed by atoms with Crippen LogP contribution in [-0.2, 0) is 4.43 Å². The zero-order chi connectivity index (χ0) is 21.5. The molecule has 0 heterocycles. The lowest BCUT2D eigenvalue weighted by atomic mass is 10.1. The van der Waals surface area contributed by atoms with Crippen molar-refractivity contribution in [3.63, 3.8) is 0 Å². The summed E-state index contributed by atoms with van der Waals surface area (Å²) in [6, 6.07) is 40.5. The molecule has 0 aliphatic carbocycles. The normalized spacial score (nSPS) is 12.9. The molecule has 0 amide bonds. The van der Waals surface area contributed by atoms with Gasteiger partial charge in [0.2, 0.25) is 0 Å². The lowest BCUT2D eigenvalue weighted by Crippen LogP contribution is -2.57. The van der Waals surface area contributed by atoms with Gasteiger partial charge in [-0.1, -0.05) is 121 Å². The van der Waals surface area contributed by atoms with E-state index in [4.69, 9.17) is 4.43 Å². The number of hydrogen-bond donors (Lipinski definition) is 1. The Morgan fingerprint density at radius 2 is 1.10 bits per heavy atom. The minimum atomic E-state index is -2.59. The van der Waals surface area contributed by atoms with E-state index in [9.17, 15) is 5.11 Å². The molecule has 0 aliphatic rings. The zero-order valence-electron chi connectivity index (χ0n) is 17.6. The summed E-state index contributed by atoms with van der Waals surface area (Å²) in [7, 11) is -2.59. The Hall–Kier alpha value is -3.40. The molecule has 0 saturated heterocycles. The van der Waals surface area contributed by atoms with Crippen molar-refractivity contribution in [1.82, 2.24) is 0 Å². The van der Waals surface area contributed by atoms with E-state index < -0.39 is 14.4 Å². The van der Waals surface area contributed by atoms with E-state index >= 15 is 0 Å². The van der Waals surface area contributed by atoms with Crippen molar-refractivity contribution in [3.8, 4) is 0 Å². The van der Waals surface area contributed by atoms with Crippen LogP contribution in [-0.4, -0.2) is 13.4 Å². The molecule has 0 saturated carbocycles. The Balaban J connectivity index is 1.81. The summed E-state index contributed by atoms with van der Waals surface area (Å²) in [5, 5.41) is 13.3. The molecule has 0 bridgehead atoms. The van der Waals surface area contributed by atoms with Gasteiger partial charge in [0.1, 0.15) is 11.9 Å². The highest BCUT2D eigenvalue weighted by Crippen LogP contribution is 2.26. The van der Waals surface area contributed by atoms with Gasteiger partial charge in [-0.05, 0) is 28.6 Å². The van der Waals surface area contributed by atoms with Crippen molar-refractivity contribution in [2.24, 2.45) is 0 Å². The third-order valence-electron chi connectivity index (χ3n) is 5.47. The summed E-state index contributed by atoms with van der Waals surface area (Å²) >= 11 is 0. The average Bonchev–Trinajstić information content (AvgIpc) is 2.85. The first-order chi connectivity index (χ1) is 15.2. The second kappa shape index (κ2) is 9.60. The summed E-state index contributed by atoms with van der Waals surface area (Å²) < 4.78 is 6.93. The first-order valence-electron chi connectivity index (χ1n) is 10.5. The van der Waals surface area contributed by atoms with Gasteiger partial charge < -0.3 is 9.53 Å². The lowest BCUT2D eigenvalue weighted by Gasteiger charge is -2.31. The standard InChI is InChI=1S/C28H26O2Si/c1-31(25-18-10-4-11-19-25,26-20-12-5-13-21-26)30-28(24-16-8-3-9-17-24)22-27(29)23-14-6-2-7-15-23/h2-22,27,29H,1H3/b28-22+. The maximum Gasteiger partial charge on any atom is 0.311 e. The first-order valence-corrected chi connectivity index (χ1v) is 12.9. The van der Waals surface area contributed by atoms with Crippen molar-refractivity contribution in [2.75, 3.05) is 0 Å². The molecule has 4 aromatic carbocycles. The molecule has 4 rings (SSSR count).